The van der Waals surface area contributed by atoms with E-state index >= 15 is 0 Å². The van der Waals surface area contributed by atoms with E-state index in [9.17, 15) is 23.6 Å². The fourth-order valence-corrected chi connectivity index (χ4v) is 3.58. The number of nitrogens with zero attached hydrogens (tertiary/aromatic N) is 1. The first kappa shape index (κ1) is 17.8. The van der Waals surface area contributed by atoms with Crippen molar-refractivity contribution < 1.29 is 18.4 Å². The van der Waals surface area contributed by atoms with Gasteiger partial charge in [-0.3, -0.25) is 10.1 Å². The quantitative estimate of drug-likeness (QED) is 0.584. The summed E-state index contributed by atoms with van der Waals surface area (Å²) in [5, 5.41) is 19.8. The normalized spacial score (nSPS) is 13.4. The van der Waals surface area contributed by atoms with Gasteiger partial charge in [-0.2, -0.15) is 0 Å². The molecule has 1 unspecified atom stereocenters. The number of halogens is 1. The second-order valence-corrected chi connectivity index (χ2v) is 7.09. The standard InChI is InChI=1S/C12H17ClN2O5S/c1-8(2)5-9(7-16)14-21(19,20)12-6-10(15(17)18)3-4-11(12)13/h3-4,6,8-9,14,16H,5,7H2,1-2H3. The van der Waals surface area contributed by atoms with Crippen molar-refractivity contribution in [1.29, 1.82) is 0 Å². The zero-order valence-corrected chi connectivity index (χ0v) is 13.2. The number of non-ortho nitro benzene ring substituents is 1. The fraction of sp³-hybridized carbons (Fsp3) is 0.500. The van der Waals surface area contributed by atoms with Crippen molar-refractivity contribution in [1.82, 2.24) is 4.72 Å². The Hall–Kier alpha value is -1.22. The lowest BCUT2D eigenvalue weighted by molar-refractivity contribution is -0.385. The molecule has 0 fully saturated rings. The third kappa shape index (κ3) is 4.92. The van der Waals surface area contributed by atoms with Crippen LogP contribution >= 0.6 is 11.6 Å². The van der Waals surface area contributed by atoms with E-state index < -0.39 is 21.0 Å². The van der Waals surface area contributed by atoms with E-state index in [2.05, 4.69) is 4.72 Å². The lowest BCUT2D eigenvalue weighted by Gasteiger charge is -2.18. The van der Waals surface area contributed by atoms with Gasteiger partial charge in [-0.05, 0) is 18.4 Å². The smallest absolute Gasteiger partial charge is 0.270 e. The van der Waals surface area contributed by atoms with Gasteiger partial charge in [0.2, 0.25) is 10.0 Å². The van der Waals surface area contributed by atoms with Crippen LogP contribution in [0.25, 0.3) is 0 Å². The third-order valence-electron chi connectivity index (χ3n) is 2.71. The van der Waals surface area contributed by atoms with Gasteiger partial charge < -0.3 is 5.11 Å². The number of hydrogen-bond donors (Lipinski definition) is 2. The van der Waals surface area contributed by atoms with E-state index in [-0.39, 0.29) is 28.1 Å². The van der Waals surface area contributed by atoms with Crippen molar-refractivity contribution in [3.05, 3.63) is 33.3 Å². The molecule has 0 bridgehead atoms. The minimum Gasteiger partial charge on any atom is -0.395 e. The zero-order chi connectivity index (χ0) is 16.2. The van der Waals surface area contributed by atoms with Gasteiger partial charge in [0.1, 0.15) is 4.90 Å². The lowest BCUT2D eigenvalue weighted by atomic mass is 10.1. The van der Waals surface area contributed by atoms with E-state index in [0.29, 0.717) is 6.42 Å². The number of aliphatic hydroxyl groups is 1. The second-order valence-electron chi connectivity index (χ2n) is 5.00. The summed E-state index contributed by atoms with van der Waals surface area (Å²) in [6, 6.07) is 2.50. The van der Waals surface area contributed by atoms with E-state index in [1.807, 2.05) is 13.8 Å². The molecule has 9 heteroatoms. The average Bonchev–Trinajstić information content (AvgIpc) is 2.36. The molecule has 1 aromatic carbocycles. The van der Waals surface area contributed by atoms with Crippen LogP contribution in [0.1, 0.15) is 20.3 Å². The van der Waals surface area contributed by atoms with Crippen LogP contribution < -0.4 is 4.72 Å². The number of nitro groups is 1. The summed E-state index contributed by atoms with van der Waals surface area (Å²) in [5.74, 6) is 0.172. The van der Waals surface area contributed by atoms with Gasteiger partial charge in [0.05, 0.1) is 16.6 Å². The van der Waals surface area contributed by atoms with Crippen LogP contribution in [0.5, 0.6) is 0 Å². The fourth-order valence-electron chi connectivity index (χ4n) is 1.82. The maximum atomic E-state index is 12.2. The van der Waals surface area contributed by atoms with E-state index in [1.54, 1.807) is 0 Å². The first-order chi connectivity index (χ1) is 9.67. The highest BCUT2D eigenvalue weighted by Gasteiger charge is 2.25. The van der Waals surface area contributed by atoms with Gasteiger partial charge in [0.15, 0.2) is 0 Å². The molecule has 0 aromatic heterocycles. The summed E-state index contributed by atoms with van der Waals surface area (Å²) < 4.78 is 26.8. The summed E-state index contributed by atoms with van der Waals surface area (Å²) in [6.07, 6.45) is 0.433. The predicted octanol–water partition coefficient (Wildman–Crippen LogP) is 1.93. The highest BCUT2D eigenvalue weighted by molar-refractivity contribution is 7.89. The highest BCUT2D eigenvalue weighted by Crippen LogP contribution is 2.26. The number of nitrogens with one attached hydrogen (secondary N) is 1. The molecule has 1 atom stereocenters. The van der Waals surface area contributed by atoms with Crippen LogP contribution in [0.3, 0.4) is 0 Å². The van der Waals surface area contributed by atoms with Gasteiger partial charge in [-0.1, -0.05) is 25.4 Å². The molecule has 0 heterocycles. The Kier molecular flexibility index (Phi) is 6.09. The van der Waals surface area contributed by atoms with Crippen molar-refractivity contribution in [2.75, 3.05) is 6.61 Å². The van der Waals surface area contributed by atoms with Crippen molar-refractivity contribution in [3.8, 4) is 0 Å². The van der Waals surface area contributed by atoms with Crippen molar-refractivity contribution in [2.45, 2.75) is 31.2 Å². The molecule has 0 aliphatic carbocycles. The minimum atomic E-state index is -4.05. The Balaban J connectivity index is 3.12. The van der Waals surface area contributed by atoms with Gasteiger partial charge in [0.25, 0.3) is 5.69 Å². The molecule has 0 aliphatic rings. The molecule has 0 radical (unpaired) electrons. The molecule has 2 N–H and O–H groups in total. The molecule has 7 nitrogen and oxygen atoms in total. The van der Waals surface area contributed by atoms with Crippen LogP contribution in [0.4, 0.5) is 5.69 Å². The Morgan fingerprint density at radius 1 is 1.43 bits per heavy atom. The van der Waals surface area contributed by atoms with Crippen molar-refractivity contribution in [3.63, 3.8) is 0 Å². The summed E-state index contributed by atoms with van der Waals surface area (Å²) >= 11 is 5.81. The maximum absolute atomic E-state index is 12.2. The van der Waals surface area contributed by atoms with Crippen molar-refractivity contribution in [2.24, 2.45) is 5.92 Å². The molecular formula is C12H17ClN2O5S. The predicted molar refractivity (Wildman–Crippen MR) is 78.8 cm³/mol. The number of aliphatic hydroxyl groups excluding tert-OH is 1. The second kappa shape index (κ2) is 7.17. The molecule has 1 aromatic rings. The highest BCUT2D eigenvalue weighted by atomic mass is 35.5. The maximum Gasteiger partial charge on any atom is 0.270 e. The SMILES string of the molecule is CC(C)CC(CO)NS(=O)(=O)c1cc([N+](=O)[O-])ccc1Cl. The molecule has 0 saturated carbocycles. The Bertz CT molecular complexity index is 618. The Morgan fingerprint density at radius 2 is 2.05 bits per heavy atom. The molecule has 0 amide bonds. The lowest BCUT2D eigenvalue weighted by Crippen LogP contribution is -2.38. The molecule has 21 heavy (non-hydrogen) atoms. The van der Waals surface area contributed by atoms with Crippen LogP contribution in [0.2, 0.25) is 5.02 Å². The van der Waals surface area contributed by atoms with E-state index in [4.69, 9.17) is 11.6 Å². The third-order valence-corrected chi connectivity index (χ3v) is 4.72. The summed E-state index contributed by atoms with van der Waals surface area (Å²) in [6.45, 7) is 3.40. The number of hydrogen-bond acceptors (Lipinski definition) is 5. The number of rotatable bonds is 7. The van der Waals surface area contributed by atoms with Crippen LogP contribution in [-0.2, 0) is 10.0 Å². The van der Waals surface area contributed by atoms with Crippen LogP contribution in [0.15, 0.2) is 23.1 Å². The van der Waals surface area contributed by atoms with Gasteiger partial charge in [-0.25, -0.2) is 13.1 Å². The van der Waals surface area contributed by atoms with Gasteiger partial charge in [-0.15, -0.1) is 0 Å². The topological polar surface area (TPSA) is 110 Å². The monoisotopic (exact) mass is 336 g/mol. The molecule has 118 valence electrons. The van der Waals surface area contributed by atoms with E-state index in [1.165, 1.54) is 0 Å². The van der Waals surface area contributed by atoms with E-state index in [0.717, 1.165) is 18.2 Å². The largest absolute Gasteiger partial charge is 0.395 e. The molecule has 0 aliphatic heterocycles. The summed E-state index contributed by atoms with van der Waals surface area (Å²) in [7, 11) is -4.05. The van der Waals surface area contributed by atoms with Crippen LogP contribution in [0, 0.1) is 16.0 Å². The molecule has 0 spiro atoms. The molecule has 1 rings (SSSR count). The Morgan fingerprint density at radius 3 is 2.52 bits per heavy atom. The van der Waals surface area contributed by atoms with Gasteiger partial charge in [0, 0.05) is 18.2 Å². The number of benzene rings is 1. The first-order valence-corrected chi connectivity index (χ1v) is 8.10. The summed E-state index contributed by atoms with van der Waals surface area (Å²) in [4.78, 5) is 9.65. The Labute approximate surface area is 128 Å². The molecule has 0 saturated heterocycles. The minimum absolute atomic E-state index is 0.116. The zero-order valence-electron chi connectivity index (χ0n) is 11.6. The number of nitro benzene ring substituents is 1. The van der Waals surface area contributed by atoms with Gasteiger partial charge >= 0.3 is 0 Å². The first-order valence-electron chi connectivity index (χ1n) is 6.24. The average molecular weight is 337 g/mol. The summed E-state index contributed by atoms with van der Waals surface area (Å²) in [5.41, 5.74) is -0.371. The van der Waals surface area contributed by atoms with Crippen molar-refractivity contribution >= 4 is 27.3 Å². The van der Waals surface area contributed by atoms with Crippen LogP contribution in [-0.4, -0.2) is 31.1 Å². The number of sulfonamides is 1. The molecular weight excluding hydrogens is 320 g/mol.